The average Bonchev–Trinajstić information content (AvgIpc) is 2.55. The van der Waals surface area contributed by atoms with Crippen molar-refractivity contribution < 1.29 is 17.9 Å². The molecule has 0 bridgehead atoms. The number of halogens is 3. The minimum atomic E-state index is -4.12. The summed E-state index contributed by atoms with van der Waals surface area (Å²) in [6.45, 7) is 0.719. The van der Waals surface area contributed by atoms with Crippen molar-refractivity contribution in [1.82, 2.24) is 4.90 Å². The van der Waals surface area contributed by atoms with E-state index in [1.54, 1.807) is 7.11 Å². The van der Waals surface area contributed by atoms with Crippen molar-refractivity contribution in [2.24, 2.45) is 16.6 Å². The Hall–Kier alpha value is -1.96. The van der Waals surface area contributed by atoms with Gasteiger partial charge in [-0.1, -0.05) is 12.1 Å². The number of rotatable bonds is 6. The molecule has 0 aromatic heterocycles. The van der Waals surface area contributed by atoms with Gasteiger partial charge >= 0.3 is 6.18 Å². The van der Waals surface area contributed by atoms with Crippen LogP contribution in [0, 0.1) is 5.92 Å². The summed E-state index contributed by atoms with van der Waals surface area (Å²) in [7, 11) is 1.58. The summed E-state index contributed by atoms with van der Waals surface area (Å²) in [5.41, 5.74) is 6.63. The SMILES string of the molecule is COc1ccccc1NC(N)=NCCC1CCN(CC(F)(F)F)CC1. The first-order chi connectivity index (χ1) is 11.9. The average molecular weight is 358 g/mol. The molecule has 3 N–H and O–H groups in total. The van der Waals surface area contributed by atoms with Crippen LogP contribution in [-0.4, -0.2) is 50.3 Å². The van der Waals surface area contributed by atoms with Crippen molar-refractivity contribution in [2.45, 2.75) is 25.4 Å². The first-order valence-corrected chi connectivity index (χ1v) is 8.36. The summed E-state index contributed by atoms with van der Waals surface area (Å²) in [6.07, 6.45) is -1.75. The van der Waals surface area contributed by atoms with E-state index in [1.807, 2.05) is 24.3 Å². The van der Waals surface area contributed by atoms with E-state index in [9.17, 15) is 13.2 Å². The molecule has 0 aliphatic carbocycles. The van der Waals surface area contributed by atoms with Crippen LogP contribution < -0.4 is 15.8 Å². The van der Waals surface area contributed by atoms with Crippen LogP contribution in [0.4, 0.5) is 18.9 Å². The Bertz CT molecular complexity index is 569. The minimum absolute atomic E-state index is 0.305. The van der Waals surface area contributed by atoms with E-state index >= 15 is 0 Å². The quantitative estimate of drug-likeness (QED) is 0.606. The third kappa shape index (κ3) is 6.81. The number of nitrogens with two attached hydrogens (primary N) is 1. The van der Waals surface area contributed by atoms with Gasteiger partial charge in [-0.05, 0) is 50.4 Å². The molecule has 8 heteroatoms. The zero-order valence-corrected chi connectivity index (χ0v) is 14.4. The molecule has 140 valence electrons. The molecular weight excluding hydrogens is 333 g/mol. The fourth-order valence-corrected chi connectivity index (χ4v) is 2.98. The third-order valence-corrected chi connectivity index (χ3v) is 4.30. The Balaban J connectivity index is 1.72. The predicted octanol–water partition coefficient (Wildman–Crippen LogP) is 3.09. The highest BCUT2D eigenvalue weighted by atomic mass is 19.4. The van der Waals surface area contributed by atoms with Crippen molar-refractivity contribution in [3.05, 3.63) is 24.3 Å². The van der Waals surface area contributed by atoms with E-state index in [2.05, 4.69) is 10.3 Å². The number of hydrogen-bond acceptors (Lipinski definition) is 3. The predicted molar refractivity (Wildman–Crippen MR) is 92.9 cm³/mol. The molecule has 0 radical (unpaired) electrons. The first-order valence-electron chi connectivity index (χ1n) is 8.36. The lowest BCUT2D eigenvalue weighted by atomic mass is 9.93. The summed E-state index contributed by atoms with van der Waals surface area (Å²) in [6, 6.07) is 7.40. The van der Waals surface area contributed by atoms with Crippen molar-refractivity contribution in [1.29, 1.82) is 0 Å². The van der Waals surface area contributed by atoms with Crippen molar-refractivity contribution in [3.63, 3.8) is 0 Å². The van der Waals surface area contributed by atoms with Gasteiger partial charge in [-0.2, -0.15) is 13.2 Å². The second-order valence-electron chi connectivity index (χ2n) is 6.22. The first kappa shape index (κ1) is 19.4. The van der Waals surface area contributed by atoms with Crippen LogP contribution in [0.1, 0.15) is 19.3 Å². The highest BCUT2D eigenvalue weighted by Gasteiger charge is 2.32. The number of likely N-dealkylation sites (tertiary alicyclic amines) is 1. The van der Waals surface area contributed by atoms with Crippen molar-refractivity contribution in [3.8, 4) is 5.75 Å². The molecule has 0 unspecified atom stereocenters. The molecule has 5 nitrogen and oxygen atoms in total. The number of ether oxygens (including phenoxy) is 1. The molecule has 1 saturated heterocycles. The lowest BCUT2D eigenvalue weighted by Crippen LogP contribution is -2.40. The molecular formula is C17H25F3N4O. The van der Waals surface area contributed by atoms with Crippen molar-refractivity contribution >= 4 is 11.6 Å². The van der Waals surface area contributed by atoms with Crippen LogP contribution >= 0.6 is 0 Å². The maximum Gasteiger partial charge on any atom is 0.401 e. The van der Waals surface area contributed by atoms with Gasteiger partial charge in [0.2, 0.25) is 0 Å². The molecule has 1 aromatic carbocycles. The Kier molecular flexibility index (Phi) is 6.92. The molecule has 25 heavy (non-hydrogen) atoms. The zero-order chi connectivity index (χ0) is 18.3. The fraction of sp³-hybridized carbons (Fsp3) is 0.588. The summed E-state index contributed by atoms with van der Waals surface area (Å²) < 4.78 is 42.4. The summed E-state index contributed by atoms with van der Waals surface area (Å²) in [5.74, 6) is 1.38. The van der Waals surface area contributed by atoms with Gasteiger partial charge in [-0.3, -0.25) is 9.89 Å². The summed E-state index contributed by atoms with van der Waals surface area (Å²) in [5, 5.41) is 3.00. The van der Waals surface area contributed by atoms with E-state index < -0.39 is 12.7 Å². The number of para-hydroxylation sites is 2. The molecule has 0 spiro atoms. The molecule has 0 amide bonds. The largest absolute Gasteiger partial charge is 0.495 e. The number of methoxy groups -OCH3 is 1. The van der Waals surface area contributed by atoms with Gasteiger partial charge in [0, 0.05) is 6.54 Å². The normalized spacial score (nSPS) is 17.5. The number of benzene rings is 1. The number of alkyl halides is 3. The Morgan fingerprint density at radius 2 is 2.00 bits per heavy atom. The zero-order valence-electron chi connectivity index (χ0n) is 14.4. The number of nitrogens with zero attached hydrogens (tertiary/aromatic N) is 2. The molecule has 1 aromatic rings. The number of hydrogen-bond donors (Lipinski definition) is 2. The smallest absolute Gasteiger partial charge is 0.401 e. The van der Waals surface area contributed by atoms with Crippen LogP contribution in [0.25, 0.3) is 0 Å². The van der Waals surface area contributed by atoms with Gasteiger partial charge in [0.05, 0.1) is 19.3 Å². The Morgan fingerprint density at radius 3 is 2.64 bits per heavy atom. The number of anilines is 1. The minimum Gasteiger partial charge on any atom is -0.495 e. The lowest BCUT2D eigenvalue weighted by molar-refractivity contribution is -0.148. The van der Waals surface area contributed by atoms with E-state index in [1.165, 1.54) is 4.90 Å². The molecule has 1 aliphatic heterocycles. The number of piperidine rings is 1. The van der Waals surface area contributed by atoms with Crippen LogP contribution in [0.5, 0.6) is 5.75 Å². The van der Waals surface area contributed by atoms with Crippen LogP contribution in [0.2, 0.25) is 0 Å². The van der Waals surface area contributed by atoms with E-state index in [0.29, 0.717) is 37.3 Å². The summed E-state index contributed by atoms with van der Waals surface area (Å²) in [4.78, 5) is 5.77. The van der Waals surface area contributed by atoms with E-state index in [4.69, 9.17) is 10.5 Å². The second-order valence-corrected chi connectivity index (χ2v) is 6.22. The van der Waals surface area contributed by atoms with Gasteiger partial charge < -0.3 is 15.8 Å². The number of aliphatic imine (C=N–C) groups is 1. The fourth-order valence-electron chi connectivity index (χ4n) is 2.98. The Labute approximate surface area is 146 Å². The van der Waals surface area contributed by atoms with Gasteiger partial charge in [0.25, 0.3) is 0 Å². The second kappa shape index (κ2) is 8.94. The lowest BCUT2D eigenvalue weighted by Gasteiger charge is -2.32. The van der Waals surface area contributed by atoms with Gasteiger partial charge in [0.1, 0.15) is 5.75 Å². The maximum atomic E-state index is 12.4. The van der Waals surface area contributed by atoms with E-state index in [0.717, 1.165) is 24.9 Å². The molecule has 2 rings (SSSR count). The van der Waals surface area contributed by atoms with Gasteiger partial charge in [-0.15, -0.1) is 0 Å². The standard InChI is InChI=1S/C17H25F3N4O/c1-25-15-5-3-2-4-14(15)23-16(21)22-9-6-13-7-10-24(11-8-13)12-17(18,19)20/h2-5,13H,6-12H2,1H3,(H3,21,22,23). The van der Waals surface area contributed by atoms with Gasteiger partial charge in [-0.25, -0.2) is 0 Å². The summed E-state index contributed by atoms with van der Waals surface area (Å²) >= 11 is 0. The molecule has 1 aliphatic rings. The number of nitrogens with one attached hydrogen (secondary N) is 1. The number of guanidine groups is 1. The van der Waals surface area contributed by atoms with E-state index in [-0.39, 0.29) is 0 Å². The third-order valence-electron chi connectivity index (χ3n) is 4.30. The van der Waals surface area contributed by atoms with Crippen LogP contribution in [0.3, 0.4) is 0 Å². The van der Waals surface area contributed by atoms with Crippen LogP contribution in [-0.2, 0) is 0 Å². The molecule has 0 atom stereocenters. The van der Waals surface area contributed by atoms with Crippen molar-refractivity contribution in [2.75, 3.05) is 38.6 Å². The maximum absolute atomic E-state index is 12.4. The highest BCUT2D eigenvalue weighted by Crippen LogP contribution is 2.25. The molecule has 1 fully saturated rings. The molecule has 1 heterocycles. The van der Waals surface area contributed by atoms with Crippen LogP contribution in [0.15, 0.2) is 29.3 Å². The van der Waals surface area contributed by atoms with Gasteiger partial charge in [0.15, 0.2) is 5.96 Å². The topological polar surface area (TPSA) is 62.9 Å². The highest BCUT2D eigenvalue weighted by molar-refractivity contribution is 5.93. The molecule has 0 saturated carbocycles. The monoisotopic (exact) mass is 358 g/mol. The Morgan fingerprint density at radius 1 is 1.32 bits per heavy atom.